The quantitative estimate of drug-likeness (QED) is 0.789. The first-order chi connectivity index (χ1) is 11.6. The van der Waals surface area contributed by atoms with Crippen LogP contribution in [-0.2, 0) is 16.0 Å². The number of benzene rings is 1. The molecule has 0 aromatic heterocycles. The minimum Gasteiger partial charge on any atom is -0.339 e. The summed E-state index contributed by atoms with van der Waals surface area (Å²) in [6.45, 7) is 2.54. The van der Waals surface area contributed by atoms with Gasteiger partial charge in [0, 0.05) is 37.1 Å². The smallest absolute Gasteiger partial charge is 0.227 e. The highest BCUT2D eigenvalue weighted by Crippen LogP contribution is 2.21. The van der Waals surface area contributed by atoms with Crippen LogP contribution in [0.1, 0.15) is 24.8 Å². The van der Waals surface area contributed by atoms with Gasteiger partial charge in [-0.05, 0) is 37.0 Å². The van der Waals surface area contributed by atoms with Crippen LogP contribution in [0.4, 0.5) is 0 Å². The Morgan fingerprint density at radius 2 is 1.67 bits per heavy atom. The number of carbonyl (C=O) groups excluding carboxylic acids is 2. The summed E-state index contributed by atoms with van der Waals surface area (Å²) in [6, 6.07) is 7.38. The molecule has 0 bridgehead atoms. The molecule has 0 unspecified atom stereocenters. The molecule has 1 aliphatic carbocycles. The Hall–Kier alpha value is -1.81. The van der Waals surface area contributed by atoms with Crippen LogP contribution in [-0.4, -0.2) is 47.8 Å². The molecule has 0 radical (unpaired) electrons. The third-order valence-corrected chi connectivity index (χ3v) is 5.08. The standard InChI is InChI=1S/C19H23ClN2O2/c20-17-8-6-15(7-9-17)14-18(23)21-10-12-22(13-11-21)19(24)16-4-2-1-3-5-16/h1-2,6-9,16H,3-5,10-14H2/t16-/m1/s1. The third kappa shape index (κ3) is 4.18. The summed E-state index contributed by atoms with van der Waals surface area (Å²) in [5, 5.41) is 0.677. The summed E-state index contributed by atoms with van der Waals surface area (Å²) in [7, 11) is 0. The Bertz CT molecular complexity index is 619. The van der Waals surface area contributed by atoms with Crippen molar-refractivity contribution >= 4 is 23.4 Å². The second kappa shape index (κ2) is 7.84. The van der Waals surface area contributed by atoms with Gasteiger partial charge in [0.2, 0.25) is 11.8 Å². The van der Waals surface area contributed by atoms with Gasteiger partial charge in [-0.3, -0.25) is 9.59 Å². The van der Waals surface area contributed by atoms with Crippen molar-refractivity contribution in [2.45, 2.75) is 25.7 Å². The Labute approximate surface area is 148 Å². The van der Waals surface area contributed by atoms with E-state index in [0.29, 0.717) is 37.6 Å². The summed E-state index contributed by atoms with van der Waals surface area (Å²) in [4.78, 5) is 28.7. The van der Waals surface area contributed by atoms with Crippen LogP contribution in [0.15, 0.2) is 36.4 Å². The number of piperazine rings is 1. The highest BCUT2D eigenvalue weighted by molar-refractivity contribution is 6.30. The van der Waals surface area contributed by atoms with Gasteiger partial charge in [0.15, 0.2) is 0 Å². The molecule has 2 aliphatic rings. The van der Waals surface area contributed by atoms with Crippen LogP contribution in [0, 0.1) is 5.92 Å². The third-order valence-electron chi connectivity index (χ3n) is 4.83. The summed E-state index contributed by atoms with van der Waals surface area (Å²) in [6.07, 6.45) is 7.45. The van der Waals surface area contributed by atoms with Crippen LogP contribution in [0.2, 0.25) is 5.02 Å². The average molecular weight is 347 g/mol. The van der Waals surface area contributed by atoms with Gasteiger partial charge in [0.25, 0.3) is 0 Å². The van der Waals surface area contributed by atoms with E-state index in [4.69, 9.17) is 11.6 Å². The molecule has 0 N–H and O–H groups in total. The predicted octanol–water partition coefficient (Wildman–Crippen LogP) is 2.91. The van der Waals surface area contributed by atoms with Gasteiger partial charge in [-0.15, -0.1) is 0 Å². The number of amides is 2. The molecule has 128 valence electrons. The minimum absolute atomic E-state index is 0.116. The molecule has 0 spiro atoms. The van der Waals surface area contributed by atoms with Crippen molar-refractivity contribution in [3.8, 4) is 0 Å². The van der Waals surface area contributed by atoms with Crippen LogP contribution in [0.25, 0.3) is 0 Å². The zero-order valence-electron chi connectivity index (χ0n) is 13.8. The Morgan fingerprint density at radius 1 is 1.00 bits per heavy atom. The lowest BCUT2D eigenvalue weighted by Crippen LogP contribution is -2.52. The van der Waals surface area contributed by atoms with E-state index < -0.39 is 0 Å². The number of carbonyl (C=O) groups is 2. The summed E-state index contributed by atoms with van der Waals surface area (Å²) < 4.78 is 0. The maximum Gasteiger partial charge on any atom is 0.227 e. The highest BCUT2D eigenvalue weighted by Gasteiger charge is 2.28. The van der Waals surface area contributed by atoms with Gasteiger partial charge >= 0.3 is 0 Å². The van der Waals surface area contributed by atoms with Crippen molar-refractivity contribution in [1.82, 2.24) is 9.80 Å². The largest absolute Gasteiger partial charge is 0.339 e. The molecule has 1 aromatic rings. The number of hydrogen-bond acceptors (Lipinski definition) is 2. The van der Waals surface area contributed by atoms with Crippen molar-refractivity contribution in [1.29, 1.82) is 0 Å². The van der Waals surface area contributed by atoms with Crippen LogP contribution >= 0.6 is 11.6 Å². The monoisotopic (exact) mass is 346 g/mol. The molecule has 24 heavy (non-hydrogen) atoms. The number of allylic oxidation sites excluding steroid dienone is 2. The maximum atomic E-state index is 12.5. The lowest BCUT2D eigenvalue weighted by Gasteiger charge is -2.36. The first kappa shape index (κ1) is 17.0. The fourth-order valence-electron chi connectivity index (χ4n) is 3.34. The van der Waals surface area contributed by atoms with E-state index >= 15 is 0 Å². The lowest BCUT2D eigenvalue weighted by molar-refractivity contribution is -0.142. The van der Waals surface area contributed by atoms with Crippen LogP contribution < -0.4 is 0 Å². The van der Waals surface area contributed by atoms with Crippen molar-refractivity contribution in [3.63, 3.8) is 0 Å². The first-order valence-electron chi connectivity index (χ1n) is 8.59. The van der Waals surface area contributed by atoms with E-state index in [1.165, 1.54) is 0 Å². The van der Waals surface area contributed by atoms with Crippen molar-refractivity contribution in [2.75, 3.05) is 26.2 Å². The average Bonchev–Trinajstić information content (AvgIpc) is 2.64. The Morgan fingerprint density at radius 3 is 2.29 bits per heavy atom. The second-order valence-corrected chi connectivity index (χ2v) is 6.93. The van der Waals surface area contributed by atoms with Crippen LogP contribution in [0.3, 0.4) is 0 Å². The van der Waals surface area contributed by atoms with E-state index in [9.17, 15) is 9.59 Å². The van der Waals surface area contributed by atoms with E-state index in [1.54, 1.807) is 12.1 Å². The zero-order valence-corrected chi connectivity index (χ0v) is 14.5. The molecule has 1 saturated heterocycles. The van der Waals surface area contributed by atoms with Gasteiger partial charge in [0.05, 0.1) is 6.42 Å². The molecule has 1 fully saturated rings. The summed E-state index contributed by atoms with van der Waals surface area (Å²) in [5.41, 5.74) is 0.969. The highest BCUT2D eigenvalue weighted by atomic mass is 35.5. The number of nitrogens with zero attached hydrogens (tertiary/aromatic N) is 2. The fraction of sp³-hybridized carbons (Fsp3) is 0.474. The van der Waals surface area contributed by atoms with E-state index in [2.05, 4.69) is 12.2 Å². The Balaban J connectivity index is 1.49. The number of rotatable bonds is 3. The molecule has 0 saturated carbocycles. The van der Waals surface area contributed by atoms with Gasteiger partial charge < -0.3 is 9.80 Å². The molecule has 4 nitrogen and oxygen atoms in total. The van der Waals surface area contributed by atoms with E-state index in [0.717, 1.165) is 24.8 Å². The van der Waals surface area contributed by atoms with Crippen molar-refractivity contribution in [2.24, 2.45) is 5.92 Å². The molecule has 5 heteroatoms. The van der Waals surface area contributed by atoms with Gasteiger partial charge in [0.1, 0.15) is 0 Å². The van der Waals surface area contributed by atoms with Crippen LogP contribution in [0.5, 0.6) is 0 Å². The first-order valence-corrected chi connectivity index (χ1v) is 8.97. The van der Waals surface area contributed by atoms with E-state index in [1.807, 2.05) is 21.9 Å². The lowest BCUT2D eigenvalue weighted by atomic mass is 9.93. The predicted molar refractivity (Wildman–Crippen MR) is 94.8 cm³/mol. The zero-order chi connectivity index (χ0) is 16.9. The molecule has 3 rings (SSSR count). The topological polar surface area (TPSA) is 40.6 Å². The molecular formula is C19H23ClN2O2. The fourth-order valence-corrected chi connectivity index (χ4v) is 3.47. The van der Waals surface area contributed by atoms with Gasteiger partial charge in [-0.25, -0.2) is 0 Å². The molecule has 1 atom stereocenters. The molecule has 1 heterocycles. The van der Waals surface area contributed by atoms with E-state index in [-0.39, 0.29) is 17.7 Å². The molecular weight excluding hydrogens is 324 g/mol. The Kier molecular flexibility index (Phi) is 5.56. The van der Waals surface area contributed by atoms with Crippen molar-refractivity contribution < 1.29 is 9.59 Å². The van der Waals surface area contributed by atoms with Crippen molar-refractivity contribution in [3.05, 3.63) is 47.0 Å². The molecule has 1 aromatic carbocycles. The number of hydrogen-bond donors (Lipinski definition) is 0. The van der Waals surface area contributed by atoms with Gasteiger partial charge in [-0.2, -0.15) is 0 Å². The molecule has 1 aliphatic heterocycles. The minimum atomic E-state index is 0.116. The SMILES string of the molecule is O=C(Cc1ccc(Cl)cc1)N1CCN(C(=O)[C@@H]2CC=CCC2)CC1. The second-order valence-electron chi connectivity index (χ2n) is 6.49. The summed E-state index contributed by atoms with van der Waals surface area (Å²) in [5.74, 6) is 0.500. The van der Waals surface area contributed by atoms with Gasteiger partial charge in [-0.1, -0.05) is 35.9 Å². The normalized spacial score (nSPS) is 21.0. The maximum absolute atomic E-state index is 12.5. The molecule has 2 amide bonds. The summed E-state index contributed by atoms with van der Waals surface area (Å²) >= 11 is 5.87. The number of halogens is 1.